The summed E-state index contributed by atoms with van der Waals surface area (Å²) in [5.74, 6) is 0. The molecule has 4 aliphatic heterocycles. The second-order valence-corrected chi connectivity index (χ2v) is 27.2. The van der Waals surface area contributed by atoms with Crippen molar-refractivity contribution in [2.24, 2.45) is 5.73 Å². The van der Waals surface area contributed by atoms with Crippen LogP contribution in [0.5, 0.6) is 0 Å². The van der Waals surface area contributed by atoms with Gasteiger partial charge in [-0.1, -0.05) is 36.4 Å². The van der Waals surface area contributed by atoms with Crippen molar-refractivity contribution >= 4 is 42.0 Å². The summed E-state index contributed by atoms with van der Waals surface area (Å²) in [5, 5.41) is 3.78. The number of nitrogens with one attached hydrogen (secondary N) is 1. The minimum absolute atomic E-state index is 0.0642. The van der Waals surface area contributed by atoms with Crippen LogP contribution in [0.15, 0.2) is 73.1 Å². The van der Waals surface area contributed by atoms with E-state index in [-0.39, 0.29) is 36.4 Å². The molecular weight excluding hydrogens is 1080 g/mol. The summed E-state index contributed by atoms with van der Waals surface area (Å²) in [5.41, 5.74) is 15.3. The van der Waals surface area contributed by atoms with E-state index in [0.717, 1.165) is 91.7 Å². The van der Waals surface area contributed by atoms with Crippen LogP contribution in [0.3, 0.4) is 0 Å². The minimum Gasteiger partial charge on any atom is -0.444 e. The van der Waals surface area contributed by atoms with Crippen molar-refractivity contribution in [1.29, 1.82) is 0 Å². The molecule has 0 spiro atoms. The summed E-state index contributed by atoms with van der Waals surface area (Å²) in [6, 6.07) is 20.4. The molecule has 3 N–H and O–H groups in total. The van der Waals surface area contributed by atoms with Crippen LogP contribution in [0.1, 0.15) is 166 Å². The van der Waals surface area contributed by atoms with Gasteiger partial charge in [0.15, 0.2) is 0 Å². The number of aromatic nitrogens is 2. The molecule has 0 bridgehead atoms. The molecule has 19 heteroatoms. The molecule has 0 radical (unpaired) electrons. The summed E-state index contributed by atoms with van der Waals surface area (Å²) in [4.78, 5) is 83.5. The SMILES string of the molecule is CC(C)(C)OC(=O)N1CCN(c2cccc3c2CC(C=O)N(C(=O)OC(C)(C)C)C3)CC1.CC(C)(C)OC(=O)N1CCN(c2cccc3c2CC(CN[C@H]2CCCc4cccnc42)N(C(=O)OC(C)(C)C)C3)CC1.N[C@H]1CCCc2cccnc21. The number of hydrogen-bond donors (Lipinski definition) is 2. The van der Waals surface area contributed by atoms with Gasteiger partial charge in [-0.05, 0) is 186 Å². The third-order valence-electron chi connectivity index (χ3n) is 15.9. The summed E-state index contributed by atoms with van der Waals surface area (Å²) in [7, 11) is 0. The number of amides is 4. The van der Waals surface area contributed by atoms with Crippen molar-refractivity contribution in [3.63, 3.8) is 0 Å². The van der Waals surface area contributed by atoms with Gasteiger partial charge in [-0.15, -0.1) is 0 Å². The predicted molar refractivity (Wildman–Crippen MR) is 330 cm³/mol. The van der Waals surface area contributed by atoms with E-state index >= 15 is 0 Å². The highest BCUT2D eigenvalue weighted by Crippen LogP contribution is 2.36. The molecule has 10 rings (SSSR count). The number of aldehydes is 1. The quantitative estimate of drug-likeness (QED) is 0.136. The van der Waals surface area contributed by atoms with Gasteiger partial charge in [0.2, 0.25) is 0 Å². The van der Waals surface area contributed by atoms with Gasteiger partial charge in [0.25, 0.3) is 0 Å². The first-order valence-electron chi connectivity index (χ1n) is 30.6. The van der Waals surface area contributed by atoms with Crippen LogP contribution < -0.4 is 20.9 Å². The van der Waals surface area contributed by atoms with Gasteiger partial charge >= 0.3 is 24.4 Å². The molecule has 2 aliphatic carbocycles. The molecule has 6 heterocycles. The Labute approximate surface area is 504 Å². The molecule has 462 valence electrons. The second kappa shape index (κ2) is 27.2. The van der Waals surface area contributed by atoms with Crippen molar-refractivity contribution in [3.05, 3.63) is 118 Å². The Kier molecular flexibility index (Phi) is 20.4. The first-order valence-corrected chi connectivity index (χ1v) is 30.6. The van der Waals surface area contributed by atoms with Gasteiger partial charge in [-0.25, -0.2) is 19.2 Å². The van der Waals surface area contributed by atoms with Crippen molar-refractivity contribution in [1.82, 2.24) is 34.9 Å². The largest absolute Gasteiger partial charge is 0.444 e. The Morgan fingerprint density at radius 1 is 0.541 bits per heavy atom. The maximum atomic E-state index is 13.5. The lowest BCUT2D eigenvalue weighted by Crippen LogP contribution is -2.52. The number of hydrogen-bond acceptors (Lipinski definition) is 15. The molecule has 4 atom stereocenters. The summed E-state index contributed by atoms with van der Waals surface area (Å²) in [6.07, 6.45) is 11.1. The van der Waals surface area contributed by atoms with Crippen LogP contribution >= 0.6 is 0 Å². The number of aryl methyl sites for hydroxylation is 2. The summed E-state index contributed by atoms with van der Waals surface area (Å²) < 4.78 is 22.5. The van der Waals surface area contributed by atoms with E-state index in [2.05, 4.69) is 50.4 Å². The minimum atomic E-state index is -0.625. The molecule has 6 aliphatic rings. The number of pyridine rings is 2. The number of anilines is 2. The van der Waals surface area contributed by atoms with E-state index in [4.69, 9.17) is 29.7 Å². The third kappa shape index (κ3) is 17.4. The average molecular weight is 1170 g/mol. The van der Waals surface area contributed by atoms with Crippen molar-refractivity contribution in [3.8, 4) is 0 Å². The number of ether oxygens (including phenoxy) is 4. The molecule has 2 aromatic heterocycles. The topological polar surface area (TPSA) is 206 Å². The molecule has 2 saturated heterocycles. The second-order valence-electron chi connectivity index (χ2n) is 27.2. The maximum absolute atomic E-state index is 13.5. The van der Waals surface area contributed by atoms with Crippen molar-refractivity contribution in [2.75, 3.05) is 68.7 Å². The Balaban J connectivity index is 0.000000192. The number of rotatable bonds is 6. The van der Waals surface area contributed by atoms with Gasteiger partial charge in [-0.3, -0.25) is 19.8 Å². The first kappa shape index (κ1) is 64.0. The van der Waals surface area contributed by atoms with Crippen LogP contribution in [0, 0.1) is 0 Å². The van der Waals surface area contributed by atoms with Gasteiger partial charge in [0.1, 0.15) is 28.7 Å². The lowest BCUT2D eigenvalue weighted by Gasteiger charge is -2.42. The fourth-order valence-corrected chi connectivity index (χ4v) is 11.9. The smallest absolute Gasteiger partial charge is 0.411 e. The Morgan fingerprint density at radius 2 is 0.965 bits per heavy atom. The van der Waals surface area contributed by atoms with Gasteiger partial charge < -0.3 is 54.4 Å². The fraction of sp³-hybridized carbons (Fsp3) is 0.591. The first-order chi connectivity index (χ1) is 40.1. The maximum Gasteiger partial charge on any atom is 0.411 e. The number of carbonyl (C=O) groups excluding carboxylic acids is 5. The zero-order chi connectivity index (χ0) is 61.4. The van der Waals surface area contributed by atoms with Gasteiger partial charge in [-0.2, -0.15) is 0 Å². The summed E-state index contributed by atoms with van der Waals surface area (Å²) >= 11 is 0. The van der Waals surface area contributed by atoms with Gasteiger partial charge in [0.05, 0.1) is 30.0 Å². The van der Waals surface area contributed by atoms with E-state index in [1.54, 1.807) is 9.80 Å². The van der Waals surface area contributed by atoms with E-state index in [1.807, 2.05) is 131 Å². The summed E-state index contributed by atoms with van der Waals surface area (Å²) in [6.45, 7) is 29.1. The van der Waals surface area contributed by atoms with E-state index in [0.29, 0.717) is 65.3 Å². The molecule has 19 nitrogen and oxygen atoms in total. The van der Waals surface area contributed by atoms with Gasteiger partial charge in [0, 0.05) is 108 Å². The molecule has 85 heavy (non-hydrogen) atoms. The Bertz CT molecular complexity index is 2970. The highest BCUT2D eigenvalue weighted by Gasteiger charge is 2.38. The number of carbonyl (C=O) groups is 5. The fourth-order valence-electron chi connectivity index (χ4n) is 11.9. The number of nitrogens with two attached hydrogens (primary N) is 1. The predicted octanol–water partition coefficient (Wildman–Crippen LogP) is 10.5. The standard InChI is InChI=1S/C33H47N5O4.C24H35N3O5.C9H12N2/c1-32(2,3)41-30(39)37-18-16-36(17-19-37)28-14-8-11-24-22-38(31(40)42-33(4,5)6)25(20-26(24)28)21-35-27-13-7-10-23-12-9-15-34-29(23)27;1-23(2,3)31-21(29)26-12-10-25(11-13-26)20-9-7-8-17-15-27(18(16-28)14-19(17)20)22(30)32-24(4,5)6;10-8-5-1-3-7-4-2-6-11-9(7)8/h8-9,11-12,14-15,25,27,35H,7,10,13,16-22H2,1-6H3;7-9,16,18H,10-15H2,1-6H3;2,4,6,8H,1,3,5,10H2/t25?,27-;;8-/m0.0/s1. The van der Waals surface area contributed by atoms with E-state index in [9.17, 15) is 24.0 Å². The lowest BCUT2D eigenvalue weighted by atomic mass is 9.90. The number of fused-ring (bicyclic) bond motifs is 4. The molecule has 4 aromatic rings. The highest BCUT2D eigenvalue weighted by atomic mass is 16.6. The normalized spacial score (nSPS) is 20.6. The Hall–Kier alpha value is -6.99. The van der Waals surface area contributed by atoms with E-state index in [1.165, 1.54) is 33.7 Å². The zero-order valence-corrected chi connectivity index (χ0v) is 52.6. The van der Waals surface area contributed by atoms with Crippen LogP contribution in [0.25, 0.3) is 0 Å². The molecule has 4 amide bonds. The van der Waals surface area contributed by atoms with Crippen LogP contribution in [-0.4, -0.2) is 154 Å². The molecule has 0 saturated carbocycles. The number of piperazine rings is 2. The van der Waals surface area contributed by atoms with Crippen LogP contribution in [-0.2, 0) is 62.5 Å². The zero-order valence-electron chi connectivity index (χ0n) is 52.6. The van der Waals surface area contributed by atoms with Crippen molar-refractivity contribution < 1.29 is 42.9 Å². The molecule has 2 aromatic carbocycles. The molecule has 2 fully saturated rings. The third-order valence-corrected chi connectivity index (χ3v) is 15.9. The average Bonchev–Trinajstić information content (AvgIpc) is 2.06. The molecule has 2 unspecified atom stereocenters. The Morgan fingerprint density at radius 3 is 1.45 bits per heavy atom. The van der Waals surface area contributed by atoms with Crippen LogP contribution in [0.2, 0.25) is 0 Å². The van der Waals surface area contributed by atoms with Crippen LogP contribution in [0.4, 0.5) is 30.6 Å². The van der Waals surface area contributed by atoms with E-state index < -0.39 is 34.5 Å². The molecular formula is C66H94N10O9. The number of benzene rings is 2. The monoisotopic (exact) mass is 1170 g/mol. The lowest BCUT2D eigenvalue weighted by molar-refractivity contribution is -0.113. The van der Waals surface area contributed by atoms with Crippen molar-refractivity contribution in [2.45, 2.75) is 194 Å². The number of nitrogens with zero attached hydrogens (tertiary/aromatic N) is 8. The highest BCUT2D eigenvalue weighted by molar-refractivity contribution is 5.76.